The Bertz CT molecular complexity index is 973. The van der Waals surface area contributed by atoms with Gasteiger partial charge in [-0.15, -0.1) is 0 Å². The summed E-state index contributed by atoms with van der Waals surface area (Å²) in [6, 6.07) is 12.0. The Balaban J connectivity index is 1.85. The highest BCUT2D eigenvalue weighted by Crippen LogP contribution is 2.28. The van der Waals surface area contributed by atoms with Crippen LogP contribution in [0.5, 0.6) is 0 Å². The summed E-state index contributed by atoms with van der Waals surface area (Å²) in [7, 11) is 1.27. The summed E-state index contributed by atoms with van der Waals surface area (Å²) in [5.41, 5.74) is 1.32. The van der Waals surface area contributed by atoms with E-state index in [0.29, 0.717) is 21.8 Å². The lowest BCUT2D eigenvalue weighted by molar-refractivity contribution is -0.137. The summed E-state index contributed by atoms with van der Waals surface area (Å²) in [6.45, 7) is 1.47. The van der Waals surface area contributed by atoms with Crippen LogP contribution in [0.1, 0.15) is 29.3 Å². The number of anilines is 1. The molecule has 1 heterocycles. The Morgan fingerprint density at radius 3 is 2.38 bits per heavy atom. The third kappa shape index (κ3) is 4.14. The fourth-order valence-corrected chi connectivity index (χ4v) is 3.44. The van der Waals surface area contributed by atoms with Crippen LogP contribution in [0.4, 0.5) is 5.69 Å². The molecule has 1 fully saturated rings. The van der Waals surface area contributed by atoms with E-state index >= 15 is 0 Å². The maximum Gasteiger partial charge on any atom is 0.337 e. The molecule has 1 aliphatic heterocycles. The first-order valence-corrected chi connectivity index (χ1v) is 9.27. The fraction of sp³-hybridized carbons (Fsp3) is 0.238. The van der Waals surface area contributed by atoms with E-state index in [2.05, 4.69) is 4.74 Å². The standard InChI is InChI=1S/C21H19ClN2O5/c1-13(25)23(12-15-5-3-4-6-17(15)22)18-11-19(26)24(20(18)27)16-9-7-14(8-10-16)21(28)29-2/h3-10,18H,11-12H2,1-2H3. The molecule has 150 valence electrons. The number of esters is 1. The number of amides is 3. The lowest BCUT2D eigenvalue weighted by Crippen LogP contribution is -2.44. The Hall–Kier alpha value is -3.19. The molecule has 0 saturated carbocycles. The van der Waals surface area contributed by atoms with Crippen LogP contribution >= 0.6 is 11.6 Å². The van der Waals surface area contributed by atoms with E-state index in [-0.39, 0.29) is 18.9 Å². The van der Waals surface area contributed by atoms with Gasteiger partial charge in [-0.2, -0.15) is 0 Å². The van der Waals surface area contributed by atoms with Crippen LogP contribution in [0.25, 0.3) is 0 Å². The molecule has 3 amide bonds. The molecule has 0 radical (unpaired) electrons. The predicted molar refractivity (Wildman–Crippen MR) is 106 cm³/mol. The van der Waals surface area contributed by atoms with E-state index in [1.807, 2.05) is 0 Å². The van der Waals surface area contributed by atoms with Gasteiger partial charge in [-0.3, -0.25) is 14.4 Å². The van der Waals surface area contributed by atoms with Gasteiger partial charge in [-0.1, -0.05) is 29.8 Å². The van der Waals surface area contributed by atoms with E-state index in [1.54, 1.807) is 24.3 Å². The van der Waals surface area contributed by atoms with Gasteiger partial charge in [0.15, 0.2) is 0 Å². The van der Waals surface area contributed by atoms with Crippen LogP contribution in [-0.4, -0.2) is 41.7 Å². The number of imide groups is 1. The van der Waals surface area contributed by atoms with Crippen molar-refractivity contribution in [1.29, 1.82) is 0 Å². The molecule has 2 aromatic carbocycles. The average Bonchev–Trinajstić information content (AvgIpc) is 3.00. The largest absolute Gasteiger partial charge is 0.465 e. The molecule has 8 heteroatoms. The molecule has 0 aromatic heterocycles. The summed E-state index contributed by atoms with van der Waals surface area (Å²) >= 11 is 6.18. The number of carbonyl (C=O) groups is 4. The Morgan fingerprint density at radius 2 is 1.79 bits per heavy atom. The van der Waals surface area contributed by atoms with Crippen LogP contribution in [0, 0.1) is 0 Å². The molecular weight excluding hydrogens is 396 g/mol. The molecule has 1 atom stereocenters. The minimum atomic E-state index is -0.920. The van der Waals surface area contributed by atoms with Gasteiger partial charge in [0.25, 0.3) is 5.91 Å². The maximum absolute atomic E-state index is 13.0. The third-order valence-corrected chi connectivity index (χ3v) is 5.12. The first-order valence-electron chi connectivity index (χ1n) is 8.89. The van der Waals surface area contributed by atoms with Gasteiger partial charge in [0.1, 0.15) is 6.04 Å². The summed E-state index contributed by atoms with van der Waals surface area (Å²) in [4.78, 5) is 51.8. The van der Waals surface area contributed by atoms with Crippen molar-refractivity contribution in [2.45, 2.75) is 25.9 Å². The number of rotatable bonds is 5. The molecule has 7 nitrogen and oxygen atoms in total. The minimum Gasteiger partial charge on any atom is -0.465 e. The first-order chi connectivity index (χ1) is 13.8. The average molecular weight is 415 g/mol. The zero-order chi connectivity index (χ0) is 21.1. The topological polar surface area (TPSA) is 84.0 Å². The van der Waals surface area contributed by atoms with Crippen LogP contribution in [0.2, 0.25) is 5.02 Å². The number of halogens is 1. The number of methoxy groups -OCH3 is 1. The number of hydrogen-bond acceptors (Lipinski definition) is 5. The zero-order valence-corrected chi connectivity index (χ0v) is 16.7. The van der Waals surface area contributed by atoms with Gasteiger partial charge in [0.2, 0.25) is 11.8 Å². The van der Waals surface area contributed by atoms with E-state index < -0.39 is 23.8 Å². The summed E-state index contributed by atoms with van der Waals surface area (Å²) < 4.78 is 4.64. The molecule has 0 N–H and O–H groups in total. The summed E-state index contributed by atoms with van der Waals surface area (Å²) in [5, 5.41) is 0.478. The van der Waals surface area contributed by atoms with E-state index in [0.717, 1.165) is 4.90 Å². The van der Waals surface area contributed by atoms with E-state index in [9.17, 15) is 19.2 Å². The number of ether oxygens (including phenoxy) is 1. The van der Waals surface area contributed by atoms with Gasteiger partial charge >= 0.3 is 5.97 Å². The molecule has 2 aromatic rings. The van der Waals surface area contributed by atoms with Gasteiger partial charge < -0.3 is 9.64 Å². The monoisotopic (exact) mass is 414 g/mol. The van der Waals surface area contributed by atoms with Crippen LogP contribution in [0.3, 0.4) is 0 Å². The normalized spacial score (nSPS) is 16.1. The SMILES string of the molecule is COC(=O)c1ccc(N2C(=O)CC(N(Cc3ccccc3Cl)C(C)=O)C2=O)cc1. The maximum atomic E-state index is 13.0. The van der Waals surface area contributed by atoms with Gasteiger partial charge in [-0.25, -0.2) is 9.69 Å². The highest BCUT2D eigenvalue weighted by atomic mass is 35.5. The van der Waals surface area contributed by atoms with E-state index in [1.165, 1.54) is 43.2 Å². The second-order valence-electron chi connectivity index (χ2n) is 6.56. The van der Waals surface area contributed by atoms with Crippen molar-refractivity contribution in [3.05, 3.63) is 64.7 Å². The van der Waals surface area contributed by atoms with Crippen molar-refractivity contribution in [1.82, 2.24) is 4.90 Å². The third-order valence-electron chi connectivity index (χ3n) is 4.75. The van der Waals surface area contributed by atoms with E-state index in [4.69, 9.17) is 11.6 Å². The molecule has 1 unspecified atom stereocenters. The van der Waals surface area contributed by atoms with Crippen molar-refractivity contribution < 1.29 is 23.9 Å². The lowest BCUT2D eigenvalue weighted by Gasteiger charge is -2.27. The van der Waals surface area contributed by atoms with Crippen LogP contribution < -0.4 is 4.90 Å². The Morgan fingerprint density at radius 1 is 1.14 bits per heavy atom. The fourth-order valence-electron chi connectivity index (χ4n) is 3.25. The molecule has 1 aliphatic rings. The summed E-state index contributed by atoms with van der Waals surface area (Å²) in [5.74, 6) is -1.77. The van der Waals surface area contributed by atoms with Gasteiger partial charge in [0, 0.05) is 18.5 Å². The second kappa shape index (κ2) is 8.45. The number of hydrogen-bond donors (Lipinski definition) is 0. The molecule has 0 spiro atoms. The van der Waals surface area contributed by atoms with Crippen LogP contribution in [-0.2, 0) is 25.7 Å². The molecule has 0 aliphatic carbocycles. The molecule has 3 rings (SSSR count). The quantitative estimate of drug-likeness (QED) is 0.555. The number of benzene rings is 2. The van der Waals surface area contributed by atoms with Crippen LogP contribution in [0.15, 0.2) is 48.5 Å². The molecule has 0 bridgehead atoms. The highest BCUT2D eigenvalue weighted by molar-refractivity contribution is 6.31. The smallest absolute Gasteiger partial charge is 0.337 e. The zero-order valence-electron chi connectivity index (χ0n) is 15.9. The highest BCUT2D eigenvalue weighted by Gasteiger charge is 2.43. The minimum absolute atomic E-state index is 0.119. The number of nitrogens with zero attached hydrogens (tertiary/aromatic N) is 2. The number of carbonyl (C=O) groups excluding carboxylic acids is 4. The Labute approximate surface area is 172 Å². The predicted octanol–water partition coefficient (Wildman–Crippen LogP) is 2.81. The summed E-state index contributed by atoms with van der Waals surface area (Å²) in [6.07, 6.45) is -0.123. The molecular formula is C21H19ClN2O5. The molecule has 1 saturated heterocycles. The second-order valence-corrected chi connectivity index (χ2v) is 6.97. The van der Waals surface area contributed by atoms with Gasteiger partial charge in [0.05, 0.1) is 24.8 Å². The Kier molecular flexibility index (Phi) is 5.98. The van der Waals surface area contributed by atoms with Gasteiger partial charge in [-0.05, 0) is 35.9 Å². The van der Waals surface area contributed by atoms with Crippen molar-refractivity contribution in [3.63, 3.8) is 0 Å². The van der Waals surface area contributed by atoms with Crippen molar-refractivity contribution >= 4 is 41.0 Å². The lowest BCUT2D eigenvalue weighted by atomic mass is 10.1. The van der Waals surface area contributed by atoms with Crippen molar-refractivity contribution in [2.24, 2.45) is 0 Å². The molecule has 29 heavy (non-hydrogen) atoms. The van der Waals surface area contributed by atoms with Crippen molar-refractivity contribution in [3.8, 4) is 0 Å². The first kappa shape index (κ1) is 20.5. The van der Waals surface area contributed by atoms with Crippen molar-refractivity contribution in [2.75, 3.05) is 12.0 Å².